The Morgan fingerprint density at radius 1 is 0.926 bits per heavy atom. The van der Waals surface area contributed by atoms with Crippen LogP contribution in [0.15, 0.2) is 67.0 Å². The Hall–Kier alpha value is -7.35. The molecule has 5 N–H and O–H groups in total. The molecule has 5 aliphatic rings. The predicted octanol–water partition coefficient (Wildman–Crippen LogP) is 7.49. The molecular weight excluding hydrogens is 1070 g/mol. The number of aliphatic hydroxyl groups is 1. The zero-order valence-electron chi connectivity index (χ0n) is 46.7. The van der Waals surface area contributed by atoms with Gasteiger partial charge in [0.1, 0.15) is 33.9 Å². The second kappa shape index (κ2) is 23.3. The van der Waals surface area contributed by atoms with Crippen LogP contribution in [0.5, 0.6) is 0 Å². The average Bonchev–Trinajstić information content (AvgIpc) is 4.33. The number of rotatable bonds is 20. The Balaban J connectivity index is 0.788. The number of amides is 4. The maximum Gasteiger partial charge on any atom is 0.284 e. The van der Waals surface area contributed by atoms with Gasteiger partial charge in [0, 0.05) is 68.1 Å². The number of nitrogens with one attached hydrogen (secondary N) is 4. The number of aromatic nitrogens is 7. The molecule has 426 valence electrons. The molecule has 1 aromatic carbocycles. The summed E-state index contributed by atoms with van der Waals surface area (Å²) >= 11 is 1.40. The van der Waals surface area contributed by atoms with E-state index < -0.39 is 63.0 Å². The molecule has 81 heavy (non-hydrogen) atoms. The summed E-state index contributed by atoms with van der Waals surface area (Å²) in [6.07, 6.45) is 16.4. The maximum atomic E-state index is 14.4. The van der Waals surface area contributed by atoms with Crippen LogP contribution in [-0.2, 0) is 37.5 Å². The van der Waals surface area contributed by atoms with Crippen LogP contribution in [0.4, 0.5) is 22.6 Å². The molecule has 11 rings (SSSR count). The van der Waals surface area contributed by atoms with E-state index in [4.69, 9.17) is 16.5 Å². The zero-order chi connectivity index (χ0) is 57.4. The first-order valence-electron chi connectivity index (χ1n) is 27.9. The monoisotopic (exact) mass is 1140 g/mol. The number of likely N-dealkylation sites (tertiary alicyclic amines) is 1. The second-order valence-corrected chi connectivity index (χ2v) is 26.8. The molecule has 3 atom stereocenters. The van der Waals surface area contributed by atoms with E-state index in [9.17, 15) is 32.7 Å². The fourth-order valence-corrected chi connectivity index (χ4v) is 14.7. The summed E-state index contributed by atoms with van der Waals surface area (Å²) in [5.74, 6) is 3.46. The molecule has 4 aliphatic carbocycles. The second-order valence-electron chi connectivity index (χ2n) is 23.9. The average molecular weight is 1140 g/mol. The van der Waals surface area contributed by atoms with E-state index in [2.05, 4.69) is 51.4 Å². The van der Waals surface area contributed by atoms with Crippen LogP contribution < -0.4 is 25.6 Å². The molecule has 6 heterocycles. The summed E-state index contributed by atoms with van der Waals surface area (Å²) in [5.41, 5.74) is 4.35. The lowest BCUT2D eigenvalue weighted by molar-refractivity contribution is -0.144. The van der Waals surface area contributed by atoms with Gasteiger partial charge in [0.2, 0.25) is 27.7 Å². The Morgan fingerprint density at radius 3 is 2.33 bits per heavy atom. The van der Waals surface area contributed by atoms with Crippen molar-refractivity contribution in [2.24, 2.45) is 28.6 Å². The Kier molecular flexibility index (Phi) is 16.3. The van der Waals surface area contributed by atoms with Gasteiger partial charge < -0.3 is 30.9 Å². The van der Waals surface area contributed by atoms with Crippen molar-refractivity contribution in [2.45, 2.75) is 137 Å². The zero-order valence-corrected chi connectivity index (χ0v) is 48.4. The Morgan fingerprint density at radius 2 is 1.65 bits per heavy atom. The summed E-state index contributed by atoms with van der Waals surface area (Å²) in [6, 6.07) is 14.3. The van der Waals surface area contributed by atoms with Gasteiger partial charge in [-0.3, -0.25) is 23.9 Å². The molecule has 20 nitrogen and oxygen atoms in total. The number of aliphatic hydroxyl groups excluding tert-OH is 1. The van der Waals surface area contributed by atoms with E-state index in [0.29, 0.717) is 52.1 Å². The van der Waals surface area contributed by atoms with Crippen molar-refractivity contribution in [3.8, 4) is 23.5 Å². The highest BCUT2D eigenvalue weighted by atomic mass is 32.2. The molecule has 22 heteroatoms. The number of benzene rings is 1. The van der Waals surface area contributed by atoms with Crippen molar-refractivity contribution in [1.29, 1.82) is 0 Å². The molecular formula is C59H71N13O7S2. The van der Waals surface area contributed by atoms with Crippen LogP contribution in [0.3, 0.4) is 0 Å². The first kappa shape index (κ1) is 56.9. The molecule has 4 bridgehead atoms. The van der Waals surface area contributed by atoms with E-state index in [1.54, 1.807) is 81.5 Å². The molecule has 6 aromatic rings. The van der Waals surface area contributed by atoms with Gasteiger partial charge >= 0.3 is 0 Å². The number of sulfonamides is 1. The summed E-state index contributed by atoms with van der Waals surface area (Å²) < 4.78 is 31.9. The van der Waals surface area contributed by atoms with Gasteiger partial charge in [0.25, 0.3) is 5.91 Å². The minimum absolute atomic E-state index is 0.00916. The maximum absolute atomic E-state index is 14.4. The van der Waals surface area contributed by atoms with E-state index >= 15 is 0 Å². The van der Waals surface area contributed by atoms with E-state index in [0.717, 1.165) is 51.5 Å². The van der Waals surface area contributed by atoms with Crippen molar-refractivity contribution in [3.63, 3.8) is 0 Å². The van der Waals surface area contributed by atoms with E-state index in [1.807, 2.05) is 32.0 Å². The fraction of sp³-hybridized carbons (Fsp3) is 0.492. The lowest BCUT2D eigenvalue weighted by atomic mass is 9.49. The number of β-amino-alcohol motifs (C(OH)–C–C–N with tert-alkyl or cyclic N) is 1. The number of unbranched alkanes of at least 4 members (excludes halogenated alkanes) is 2. The summed E-state index contributed by atoms with van der Waals surface area (Å²) in [6.45, 7) is 10.2. The molecule has 5 aromatic heterocycles. The number of hydrogen-bond acceptors (Lipinski definition) is 16. The van der Waals surface area contributed by atoms with Crippen LogP contribution in [0, 0.1) is 54.8 Å². The van der Waals surface area contributed by atoms with Gasteiger partial charge in [-0.15, -0.1) is 16.6 Å². The van der Waals surface area contributed by atoms with Crippen molar-refractivity contribution in [1.82, 2.24) is 55.2 Å². The molecule has 0 spiro atoms. The highest BCUT2D eigenvalue weighted by Gasteiger charge is 2.51. The predicted molar refractivity (Wildman–Crippen MR) is 310 cm³/mol. The van der Waals surface area contributed by atoms with E-state index in [1.165, 1.54) is 54.8 Å². The number of nitrogens with zero attached hydrogens (tertiary/aromatic N) is 9. The van der Waals surface area contributed by atoms with Crippen LogP contribution >= 0.6 is 11.3 Å². The molecule has 0 unspecified atom stereocenters. The molecule has 5 fully saturated rings. The molecule has 4 amide bonds. The van der Waals surface area contributed by atoms with Crippen molar-refractivity contribution in [2.75, 3.05) is 29.6 Å². The number of carbonyl (C=O) groups excluding carboxylic acids is 4. The quantitative estimate of drug-likeness (QED) is 0.0366. The first-order chi connectivity index (χ1) is 38.6. The van der Waals surface area contributed by atoms with Crippen LogP contribution in [0.25, 0.3) is 21.5 Å². The number of thiazole rings is 1. The molecule has 1 aliphatic heterocycles. The molecule has 0 radical (unpaired) electrons. The van der Waals surface area contributed by atoms with Crippen molar-refractivity contribution in [3.05, 3.63) is 95.1 Å². The third-order valence-corrected chi connectivity index (χ3v) is 18.8. The van der Waals surface area contributed by atoms with Crippen molar-refractivity contribution >= 4 is 77.9 Å². The van der Waals surface area contributed by atoms with Gasteiger partial charge in [0.15, 0.2) is 16.8 Å². The number of terminal acetylenes is 1. The largest absolute Gasteiger partial charge is 0.391 e. The van der Waals surface area contributed by atoms with E-state index in [-0.39, 0.29) is 43.5 Å². The molecule has 1 saturated heterocycles. The minimum Gasteiger partial charge on any atom is -0.391 e. The molecule has 4 saturated carbocycles. The number of anilines is 4. The minimum atomic E-state index is -4.22. The number of pyridine rings is 2. The van der Waals surface area contributed by atoms with Gasteiger partial charge in [0.05, 0.1) is 18.1 Å². The normalized spacial score (nSPS) is 21.6. The van der Waals surface area contributed by atoms with Gasteiger partial charge in [-0.2, -0.15) is 5.10 Å². The Bertz CT molecular complexity index is 3450. The smallest absolute Gasteiger partial charge is 0.284 e. The summed E-state index contributed by atoms with van der Waals surface area (Å²) in [7, 11) is -2.47. The highest BCUT2D eigenvalue weighted by Crippen LogP contribution is 2.60. The van der Waals surface area contributed by atoms with Crippen LogP contribution in [0.1, 0.15) is 124 Å². The van der Waals surface area contributed by atoms with Gasteiger partial charge in [-0.25, -0.2) is 28.1 Å². The summed E-state index contributed by atoms with van der Waals surface area (Å²) in [5, 5.41) is 34.0. The lowest BCUT2D eigenvalue weighted by Gasteiger charge is -2.56. The lowest BCUT2D eigenvalue weighted by Crippen LogP contribution is -2.57. The third-order valence-electron chi connectivity index (χ3n) is 16.6. The van der Waals surface area contributed by atoms with Crippen molar-refractivity contribution < 1.29 is 32.7 Å². The highest BCUT2D eigenvalue weighted by molar-refractivity contribution is 7.90. The van der Waals surface area contributed by atoms with Crippen LogP contribution in [-0.4, -0.2) is 115 Å². The number of aryl methyl sites for hydroxylation is 1. The van der Waals surface area contributed by atoms with Gasteiger partial charge in [-0.05, 0) is 147 Å². The number of fused-ring (bicyclic) bond motifs is 1. The topological polar surface area (TPSA) is 260 Å². The standard InChI is InChI=1S/C59H71N13O7S2/c1-8-37-15-17-38(18-16-37)31-61-53(75)46-27-42(73)33-71(46)56(77)51(58(4,5)6)65-49(74)14-10-9-11-22-81(78,79)69-54(76)50-43(44-32-62-72(36(44)3)34-59-28-39-24-40(29-59)26-41(25-39)30-59)19-20-47(64-50)70(7)48-23-35(2)52(68-67-48)66-57-63-45-13-12-21-60-55(45)80-57/h1,12-13,15-21,23,32,39-42,46,51,73H,9-11,14,22,24-31,33-34H2,2-7H3,(H,61,75)(H,65,74)(H,69,76)(H,63,66,68)/t39?,40?,41?,42-,46+,51-,59?/m1/s1. The number of hydrogen-bond donors (Lipinski definition) is 5. The first-order valence-corrected chi connectivity index (χ1v) is 30.4. The number of carbonyl (C=O) groups is 4. The Labute approximate surface area is 476 Å². The third kappa shape index (κ3) is 12.9. The summed E-state index contributed by atoms with van der Waals surface area (Å²) in [4.78, 5) is 73.1. The fourth-order valence-electron chi connectivity index (χ4n) is 12.9. The van der Waals surface area contributed by atoms with Gasteiger partial charge in [-0.1, -0.05) is 56.6 Å². The van der Waals surface area contributed by atoms with Crippen LogP contribution in [0.2, 0.25) is 0 Å². The SMILES string of the molecule is C#Cc1ccc(CNC(=O)[C@@H]2C[C@@H](O)CN2C(=O)[C@@H](NC(=O)CCCCCS(=O)(=O)NC(=O)c2nc(N(C)c3cc(C)c(Nc4nc5cccnc5s4)nn3)ccc2-c2cnn(CC34CC5CC(CC(C5)C3)C4)c2C)C(C)(C)C)cc1.